The summed E-state index contributed by atoms with van der Waals surface area (Å²) in [6, 6.07) is 14.7. The Labute approximate surface area is 162 Å². The Morgan fingerprint density at radius 2 is 1.89 bits per heavy atom. The van der Waals surface area contributed by atoms with Gasteiger partial charge in [-0.1, -0.05) is 36.4 Å². The smallest absolute Gasteiger partial charge is 0.247 e. The van der Waals surface area contributed by atoms with E-state index in [1.165, 1.54) is 6.08 Å². The molecule has 27 heavy (non-hydrogen) atoms. The number of anilines is 5. The second-order valence-corrected chi connectivity index (χ2v) is 6.14. The average Bonchev–Trinajstić information content (AvgIpc) is 2.66. The first-order valence-electron chi connectivity index (χ1n) is 8.21. The third kappa shape index (κ3) is 4.83. The Morgan fingerprint density at radius 3 is 2.67 bits per heavy atom. The van der Waals surface area contributed by atoms with Crippen LogP contribution < -0.4 is 16.0 Å². The first-order chi connectivity index (χ1) is 13.0. The van der Waals surface area contributed by atoms with Gasteiger partial charge in [0.1, 0.15) is 5.82 Å². The number of carbonyl (C=O) groups excluding carboxylic acids is 1. The van der Waals surface area contributed by atoms with Gasteiger partial charge in [0.2, 0.25) is 11.9 Å². The van der Waals surface area contributed by atoms with Gasteiger partial charge in [-0.3, -0.25) is 4.79 Å². The van der Waals surface area contributed by atoms with E-state index in [1.54, 1.807) is 18.3 Å². The standard InChI is InChI=1S/C20H18ClN5O/c1-3-18(27)23-14-7-6-8-15(11-14)24-19-13(2)12-22-20(26-19)25-17-10-5-4-9-16(17)21/h3-12H,1H2,2H3,(H,23,27)(H2,22,24,25,26). The zero-order valence-electron chi connectivity index (χ0n) is 14.7. The van der Waals surface area contributed by atoms with Gasteiger partial charge in [0.15, 0.2) is 0 Å². The lowest BCUT2D eigenvalue weighted by atomic mass is 10.2. The number of nitrogens with zero attached hydrogens (tertiary/aromatic N) is 2. The van der Waals surface area contributed by atoms with Crippen LogP contribution in [0.25, 0.3) is 0 Å². The van der Waals surface area contributed by atoms with Gasteiger partial charge in [0.05, 0.1) is 10.7 Å². The number of nitrogens with one attached hydrogen (secondary N) is 3. The van der Waals surface area contributed by atoms with Gasteiger partial charge in [-0.2, -0.15) is 4.98 Å². The van der Waals surface area contributed by atoms with Crippen molar-refractivity contribution in [1.29, 1.82) is 0 Å². The van der Waals surface area contributed by atoms with E-state index in [-0.39, 0.29) is 5.91 Å². The lowest BCUT2D eigenvalue weighted by molar-refractivity contribution is -0.111. The molecule has 0 fully saturated rings. The monoisotopic (exact) mass is 379 g/mol. The van der Waals surface area contributed by atoms with Crippen LogP contribution in [0.1, 0.15) is 5.56 Å². The topological polar surface area (TPSA) is 78.9 Å². The van der Waals surface area contributed by atoms with Crippen LogP contribution in [0.2, 0.25) is 5.02 Å². The number of aryl methyl sites for hydroxylation is 1. The second kappa shape index (κ2) is 8.33. The van der Waals surface area contributed by atoms with Gasteiger partial charge in [0.25, 0.3) is 0 Å². The van der Waals surface area contributed by atoms with Crippen molar-refractivity contribution in [1.82, 2.24) is 9.97 Å². The van der Waals surface area contributed by atoms with Crippen molar-refractivity contribution in [2.24, 2.45) is 0 Å². The van der Waals surface area contributed by atoms with Crippen molar-refractivity contribution in [3.8, 4) is 0 Å². The molecule has 7 heteroatoms. The van der Waals surface area contributed by atoms with Crippen LogP contribution >= 0.6 is 11.6 Å². The molecule has 0 spiro atoms. The highest BCUT2D eigenvalue weighted by molar-refractivity contribution is 6.33. The Kier molecular flexibility index (Phi) is 5.68. The highest BCUT2D eigenvalue weighted by Gasteiger charge is 2.07. The van der Waals surface area contributed by atoms with Crippen molar-refractivity contribution in [2.45, 2.75) is 6.92 Å². The molecule has 0 saturated heterocycles. The molecule has 0 aliphatic heterocycles. The maximum Gasteiger partial charge on any atom is 0.247 e. The normalized spacial score (nSPS) is 10.1. The maximum atomic E-state index is 11.5. The van der Waals surface area contributed by atoms with Gasteiger partial charge in [-0.05, 0) is 43.3 Å². The molecular weight excluding hydrogens is 362 g/mol. The summed E-state index contributed by atoms with van der Waals surface area (Å²) in [6.45, 7) is 5.36. The highest BCUT2D eigenvalue weighted by atomic mass is 35.5. The van der Waals surface area contributed by atoms with Crippen LogP contribution in [0, 0.1) is 6.92 Å². The fourth-order valence-electron chi connectivity index (χ4n) is 2.32. The van der Waals surface area contributed by atoms with Crippen LogP contribution in [0.5, 0.6) is 0 Å². The third-order valence-electron chi connectivity index (χ3n) is 3.67. The Balaban J connectivity index is 1.81. The van der Waals surface area contributed by atoms with Gasteiger partial charge in [-0.15, -0.1) is 0 Å². The molecule has 0 unspecified atom stereocenters. The lowest BCUT2D eigenvalue weighted by Crippen LogP contribution is -2.07. The molecular formula is C20H18ClN5O. The first-order valence-corrected chi connectivity index (χ1v) is 8.58. The molecule has 0 bridgehead atoms. The summed E-state index contributed by atoms with van der Waals surface area (Å²) < 4.78 is 0. The molecule has 0 atom stereocenters. The molecule has 0 radical (unpaired) electrons. The van der Waals surface area contributed by atoms with E-state index in [1.807, 2.05) is 43.3 Å². The van der Waals surface area contributed by atoms with Crippen molar-refractivity contribution < 1.29 is 4.79 Å². The molecule has 0 aliphatic rings. The minimum Gasteiger partial charge on any atom is -0.340 e. The molecule has 3 aromatic rings. The predicted octanol–water partition coefficient (Wildman–Crippen LogP) is 5.05. The molecule has 2 aromatic carbocycles. The largest absolute Gasteiger partial charge is 0.340 e. The van der Waals surface area contributed by atoms with Gasteiger partial charge in [-0.25, -0.2) is 4.98 Å². The highest BCUT2D eigenvalue weighted by Crippen LogP contribution is 2.26. The summed E-state index contributed by atoms with van der Waals surface area (Å²) in [6.07, 6.45) is 2.94. The summed E-state index contributed by atoms with van der Waals surface area (Å²) in [7, 11) is 0. The van der Waals surface area contributed by atoms with Gasteiger partial charge < -0.3 is 16.0 Å². The second-order valence-electron chi connectivity index (χ2n) is 5.73. The zero-order valence-corrected chi connectivity index (χ0v) is 15.4. The van der Waals surface area contributed by atoms with E-state index < -0.39 is 0 Å². The number of hydrogen-bond acceptors (Lipinski definition) is 5. The molecule has 1 amide bonds. The van der Waals surface area contributed by atoms with Crippen molar-refractivity contribution in [3.05, 3.63) is 78.0 Å². The van der Waals surface area contributed by atoms with E-state index in [2.05, 4.69) is 32.5 Å². The lowest BCUT2D eigenvalue weighted by Gasteiger charge is -2.12. The fourth-order valence-corrected chi connectivity index (χ4v) is 2.50. The maximum absolute atomic E-state index is 11.5. The van der Waals surface area contributed by atoms with Crippen LogP contribution in [-0.2, 0) is 4.79 Å². The summed E-state index contributed by atoms with van der Waals surface area (Å²) in [5.41, 5.74) is 3.04. The van der Waals surface area contributed by atoms with Crippen molar-refractivity contribution in [3.63, 3.8) is 0 Å². The number of halogens is 1. The van der Waals surface area contributed by atoms with E-state index in [4.69, 9.17) is 11.6 Å². The van der Waals surface area contributed by atoms with E-state index in [0.29, 0.717) is 22.5 Å². The number of aromatic nitrogens is 2. The Hall–Kier alpha value is -3.38. The number of carbonyl (C=O) groups is 1. The number of hydrogen-bond donors (Lipinski definition) is 3. The Morgan fingerprint density at radius 1 is 1.11 bits per heavy atom. The minimum atomic E-state index is -0.267. The average molecular weight is 380 g/mol. The Bertz CT molecular complexity index is 990. The molecule has 6 nitrogen and oxygen atoms in total. The van der Waals surface area contributed by atoms with Crippen LogP contribution in [0.3, 0.4) is 0 Å². The zero-order chi connectivity index (χ0) is 19.2. The minimum absolute atomic E-state index is 0.267. The molecule has 3 rings (SSSR count). The third-order valence-corrected chi connectivity index (χ3v) is 4.00. The molecule has 3 N–H and O–H groups in total. The summed E-state index contributed by atoms with van der Waals surface area (Å²) >= 11 is 6.17. The quantitative estimate of drug-likeness (QED) is 0.522. The molecule has 1 heterocycles. The molecule has 0 aliphatic carbocycles. The van der Waals surface area contributed by atoms with Crippen molar-refractivity contribution in [2.75, 3.05) is 16.0 Å². The number of benzene rings is 2. The van der Waals surface area contributed by atoms with Crippen LogP contribution in [0.15, 0.2) is 67.4 Å². The van der Waals surface area contributed by atoms with Crippen molar-refractivity contribution >= 4 is 46.3 Å². The predicted molar refractivity (Wildman–Crippen MR) is 110 cm³/mol. The summed E-state index contributed by atoms with van der Waals surface area (Å²) in [5, 5.41) is 9.66. The number of para-hydroxylation sites is 1. The first kappa shape index (κ1) is 18.4. The molecule has 136 valence electrons. The van der Waals surface area contributed by atoms with Crippen LogP contribution in [-0.4, -0.2) is 15.9 Å². The fraction of sp³-hybridized carbons (Fsp3) is 0.0500. The summed E-state index contributed by atoms with van der Waals surface area (Å²) in [4.78, 5) is 20.3. The van der Waals surface area contributed by atoms with E-state index in [0.717, 1.165) is 16.9 Å². The molecule has 0 saturated carbocycles. The summed E-state index contributed by atoms with van der Waals surface area (Å²) in [5.74, 6) is 0.802. The van der Waals surface area contributed by atoms with Crippen LogP contribution in [0.4, 0.5) is 28.8 Å². The number of amides is 1. The number of rotatable bonds is 6. The van der Waals surface area contributed by atoms with Gasteiger partial charge in [0, 0.05) is 23.1 Å². The SMILES string of the molecule is C=CC(=O)Nc1cccc(Nc2nc(Nc3ccccc3Cl)ncc2C)c1. The van der Waals surface area contributed by atoms with Gasteiger partial charge >= 0.3 is 0 Å². The molecule has 1 aromatic heterocycles. The van der Waals surface area contributed by atoms with E-state index in [9.17, 15) is 4.79 Å². The van der Waals surface area contributed by atoms with E-state index >= 15 is 0 Å².